The van der Waals surface area contributed by atoms with E-state index >= 15 is 0 Å². The Morgan fingerprint density at radius 3 is 2.55 bits per heavy atom. The summed E-state index contributed by atoms with van der Waals surface area (Å²) < 4.78 is 49.1. The number of phenols is 1. The molecule has 0 aliphatic carbocycles. The van der Waals surface area contributed by atoms with Crippen molar-refractivity contribution in [1.29, 1.82) is 0 Å². The molecule has 0 radical (unpaired) electrons. The third-order valence-corrected chi connectivity index (χ3v) is 5.72. The van der Waals surface area contributed by atoms with E-state index in [0.29, 0.717) is 24.8 Å². The number of aliphatic hydroxyl groups is 1. The van der Waals surface area contributed by atoms with Gasteiger partial charge in [0.2, 0.25) is 0 Å². The van der Waals surface area contributed by atoms with Crippen LogP contribution in [0.5, 0.6) is 5.75 Å². The number of hydrogen-bond donors (Lipinski definition) is 3. The molecule has 3 aliphatic heterocycles. The van der Waals surface area contributed by atoms with Crippen LogP contribution in [0.2, 0.25) is 0 Å². The van der Waals surface area contributed by atoms with Crippen LogP contribution in [0.3, 0.4) is 0 Å². The van der Waals surface area contributed by atoms with Crippen molar-refractivity contribution in [3.8, 4) is 17.0 Å². The molecular formula is C21H24F3N3O4. The fourth-order valence-corrected chi connectivity index (χ4v) is 4.21. The summed E-state index contributed by atoms with van der Waals surface area (Å²) in [6.45, 7) is 1.37. The number of ether oxygens (including phenoxy) is 2. The fourth-order valence-electron chi connectivity index (χ4n) is 4.21. The Morgan fingerprint density at radius 2 is 1.94 bits per heavy atom. The minimum absolute atomic E-state index is 0.0430. The van der Waals surface area contributed by atoms with Crippen molar-refractivity contribution in [2.75, 3.05) is 18.9 Å². The largest absolute Gasteiger partial charge is 0.507 e. The second-order valence-corrected chi connectivity index (χ2v) is 7.95. The van der Waals surface area contributed by atoms with Crippen molar-refractivity contribution in [2.24, 2.45) is 0 Å². The predicted molar refractivity (Wildman–Crippen MR) is 105 cm³/mol. The topological polar surface area (TPSA) is 111 Å². The first-order valence-electron chi connectivity index (χ1n) is 10.2. The zero-order valence-corrected chi connectivity index (χ0v) is 16.7. The number of hydrogen-bond acceptors (Lipinski definition) is 7. The lowest BCUT2D eigenvalue weighted by Crippen LogP contribution is -2.21. The third kappa shape index (κ3) is 4.60. The number of aromatic hydroxyl groups is 1. The highest BCUT2D eigenvalue weighted by Gasteiger charge is 2.38. The number of phenolic OH excluding ortho intramolecular Hbond substituents is 1. The van der Waals surface area contributed by atoms with Crippen LogP contribution in [0.15, 0.2) is 18.2 Å². The highest BCUT2D eigenvalue weighted by Crippen LogP contribution is 2.46. The van der Waals surface area contributed by atoms with Gasteiger partial charge in [-0.2, -0.15) is 13.2 Å². The molecule has 1 aromatic carbocycles. The van der Waals surface area contributed by atoms with Gasteiger partial charge in [-0.15, -0.1) is 10.2 Å². The maximum atomic E-state index is 12.8. The molecule has 168 valence electrons. The summed E-state index contributed by atoms with van der Waals surface area (Å²) in [5.41, 5.74) is 7.14. The second-order valence-electron chi connectivity index (χ2n) is 7.95. The van der Waals surface area contributed by atoms with Gasteiger partial charge in [-0.3, -0.25) is 0 Å². The van der Waals surface area contributed by atoms with Crippen LogP contribution in [0.25, 0.3) is 11.3 Å². The molecule has 10 heteroatoms. The monoisotopic (exact) mass is 439 g/mol. The number of halogens is 3. The van der Waals surface area contributed by atoms with Crippen molar-refractivity contribution in [2.45, 2.75) is 56.6 Å². The Morgan fingerprint density at radius 1 is 1.13 bits per heavy atom. The number of nitrogens with two attached hydrogens (primary N) is 1. The molecule has 2 fully saturated rings. The molecule has 0 saturated carbocycles. The SMILES string of the molecule is Nc1nnc(-c2ccc(C(F)(F)F)cc2O)c2c1C1CCC(C2)O1.OC1CCCOC1. The Kier molecular flexibility index (Phi) is 6.05. The molecule has 2 aromatic rings. The summed E-state index contributed by atoms with van der Waals surface area (Å²) in [7, 11) is 0. The molecule has 5 rings (SSSR count). The first-order valence-corrected chi connectivity index (χ1v) is 10.2. The van der Waals surface area contributed by atoms with E-state index in [1.807, 2.05) is 0 Å². The van der Waals surface area contributed by atoms with Gasteiger partial charge in [-0.1, -0.05) is 0 Å². The van der Waals surface area contributed by atoms with Crippen molar-refractivity contribution in [3.63, 3.8) is 0 Å². The van der Waals surface area contributed by atoms with Gasteiger partial charge in [0.1, 0.15) is 11.4 Å². The van der Waals surface area contributed by atoms with Crippen molar-refractivity contribution in [1.82, 2.24) is 10.2 Å². The van der Waals surface area contributed by atoms with Crippen molar-refractivity contribution < 1.29 is 32.9 Å². The summed E-state index contributed by atoms with van der Waals surface area (Å²) >= 11 is 0. The standard InChI is InChI=1S/C16H14F3N3O2.C5H10O2/c17-16(18,19)7-1-3-9(11(23)5-7)14-10-6-8-2-4-12(24-8)13(10)15(20)22-21-14;6-5-2-1-3-7-4-5/h1,3,5,8,12,23H,2,4,6H2,(H2,20,22);5-6H,1-4H2. The fraction of sp³-hybridized carbons (Fsp3) is 0.524. The predicted octanol–water partition coefficient (Wildman–Crippen LogP) is 3.38. The average molecular weight is 439 g/mol. The van der Waals surface area contributed by atoms with E-state index in [1.54, 1.807) is 0 Å². The number of alkyl halides is 3. The van der Waals surface area contributed by atoms with Gasteiger partial charge in [0.15, 0.2) is 5.82 Å². The van der Waals surface area contributed by atoms with E-state index in [2.05, 4.69) is 10.2 Å². The number of anilines is 1. The number of nitrogens with zero attached hydrogens (tertiary/aromatic N) is 2. The molecule has 2 saturated heterocycles. The lowest BCUT2D eigenvalue weighted by Gasteiger charge is -2.26. The van der Waals surface area contributed by atoms with Gasteiger partial charge < -0.3 is 25.4 Å². The lowest BCUT2D eigenvalue weighted by atomic mass is 9.93. The van der Waals surface area contributed by atoms with Crippen LogP contribution in [0.1, 0.15) is 48.5 Å². The molecule has 2 bridgehead atoms. The molecular weight excluding hydrogens is 415 g/mol. The zero-order valence-electron chi connectivity index (χ0n) is 16.7. The Hall–Kier alpha value is -2.43. The highest BCUT2D eigenvalue weighted by molar-refractivity contribution is 5.73. The Bertz CT molecular complexity index is 948. The first kappa shape index (κ1) is 21.8. The summed E-state index contributed by atoms with van der Waals surface area (Å²) in [5.74, 6) is -0.213. The number of fused-ring (bicyclic) bond motifs is 4. The molecule has 1 aromatic heterocycles. The van der Waals surface area contributed by atoms with Crippen LogP contribution in [0, 0.1) is 0 Å². The van der Waals surface area contributed by atoms with Gasteiger partial charge in [-0.05, 0) is 49.4 Å². The maximum absolute atomic E-state index is 12.8. The van der Waals surface area contributed by atoms with Crippen LogP contribution in [0.4, 0.5) is 19.0 Å². The Labute approximate surface area is 177 Å². The number of benzene rings is 1. The van der Waals surface area contributed by atoms with E-state index < -0.39 is 17.5 Å². The molecule has 0 spiro atoms. The summed E-state index contributed by atoms with van der Waals surface area (Å²) in [6.07, 6.45) is -0.624. The van der Waals surface area contributed by atoms with Gasteiger partial charge >= 0.3 is 6.18 Å². The van der Waals surface area contributed by atoms with Crippen LogP contribution < -0.4 is 5.73 Å². The molecule has 4 N–H and O–H groups in total. The Balaban J connectivity index is 0.000000282. The molecule has 4 heterocycles. The normalized spacial score (nSPS) is 24.8. The van der Waals surface area contributed by atoms with Gasteiger partial charge in [0, 0.05) is 24.2 Å². The summed E-state index contributed by atoms with van der Waals surface area (Å²) in [5, 5.41) is 26.8. The quantitative estimate of drug-likeness (QED) is 0.625. The highest BCUT2D eigenvalue weighted by atomic mass is 19.4. The third-order valence-electron chi connectivity index (χ3n) is 5.72. The van der Waals surface area contributed by atoms with Crippen LogP contribution in [-0.2, 0) is 22.1 Å². The molecule has 7 nitrogen and oxygen atoms in total. The zero-order chi connectivity index (χ0) is 22.2. The molecule has 3 unspecified atom stereocenters. The van der Waals surface area contributed by atoms with E-state index in [4.69, 9.17) is 20.3 Å². The van der Waals surface area contributed by atoms with Gasteiger partial charge in [0.25, 0.3) is 0 Å². The van der Waals surface area contributed by atoms with E-state index in [-0.39, 0.29) is 29.7 Å². The van der Waals surface area contributed by atoms with Crippen molar-refractivity contribution >= 4 is 5.82 Å². The number of nitrogen functional groups attached to an aromatic ring is 1. The van der Waals surface area contributed by atoms with E-state index in [9.17, 15) is 18.3 Å². The second kappa shape index (κ2) is 8.60. The van der Waals surface area contributed by atoms with Crippen LogP contribution in [-0.4, -0.2) is 45.8 Å². The molecule has 3 aliphatic rings. The smallest absolute Gasteiger partial charge is 0.416 e. The number of aliphatic hydroxyl groups excluding tert-OH is 1. The van der Waals surface area contributed by atoms with E-state index in [1.165, 1.54) is 6.07 Å². The van der Waals surface area contributed by atoms with E-state index in [0.717, 1.165) is 49.5 Å². The minimum atomic E-state index is -4.52. The molecule has 31 heavy (non-hydrogen) atoms. The first-order chi connectivity index (χ1) is 14.7. The number of aromatic nitrogens is 2. The minimum Gasteiger partial charge on any atom is -0.507 e. The molecule has 0 amide bonds. The van der Waals surface area contributed by atoms with Gasteiger partial charge in [0.05, 0.1) is 30.5 Å². The number of rotatable bonds is 1. The maximum Gasteiger partial charge on any atom is 0.416 e. The average Bonchev–Trinajstić information content (AvgIpc) is 3.09. The molecule has 3 atom stereocenters. The van der Waals surface area contributed by atoms with Crippen molar-refractivity contribution in [3.05, 3.63) is 34.9 Å². The summed E-state index contributed by atoms with van der Waals surface area (Å²) in [4.78, 5) is 0. The summed E-state index contributed by atoms with van der Waals surface area (Å²) in [6, 6.07) is 2.84. The van der Waals surface area contributed by atoms with Gasteiger partial charge in [-0.25, -0.2) is 0 Å². The van der Waals surface area contributed by atoms with Crippen LogP contribution >= 0.6 is 0 Å². The lowest BCUT2D eigenvalue weighted by molar-refractivity contribution is -0.137.